The van der Waals surface area contributed by atoms with Crippen molar-refractivity contribution in [3.05, 3.63) is 70.0 Å². The monoisotopic (exact) mass is 255 g/mol. The molecular formula is C16H14FNO. The summed E-state index contributed by atoms with van der Waals surface area (Å²) in [6.07, 6.45) is 0. The van der Waals surface area contributed by atoms with Crippen LogP contribution in [0.3, 0.4) is 0 Å². The lowest BCUT2D eigenvalue weighted by Gasteiger charge is -2.07. The maximum absolute atomic E-state index is 13.1. The maximum atomic E-state index is 13.1. The molecule has 1 aliphatic rings. The molecule has 2 aromatic rings. The van der Waals surface area contributed by atoms with Crippen molar-refractivity contribution in [3.63, 3.8) is 0 Å². The Morgan fingerprint density at radius 1 is 1.11 bits per heavy atom. The Morgan fingerprint density at radius 2 is 1.89 bits per heavy atom. The molecule has 1 aliphatic heterocycles. The van der Waals surface area contributed by atoms with Crippen molar-refractivity contribution >= 4 is 5.78 Å². The summed E-state index contributed by atoms with van der Waals surface area (Å²) in [6.45, 7) is 3.42. The molecule has 1 N–H and O–H groups in total. The number of halogens is 1. The molecule has 3 rings (SSSR count). The van der Waals surface area contributed by atoms with Crippen molar-refractivity contribution in [2.45, 2.75) is 20.0 Å². The number of hydrogen-bond acceptors (Lipinski definition) is 2. The maximum Gasteiger partial charge on any atom is 0.193 e. The molecule has 0 amide bonds. The average molecular weight is 255 g/mol. The fourth-order valence-corrected chi connectivity index (χ4v) is 2.47. The lowest BCUT2D eigenvalue weighted by molar-refractivity contribution is 0.103. The fourth-order valence-electron chi connectivity index (χ4n) is 2.47. The molecule has 0 spiro atoms. The second kappa shape index (κ2) is 4.59. The summed E-state index contributed by atoms with van der Waals surface area (Å²) in [5.41, 5.74) is 4.31. The highest BCUT2D eigenvalue weighted by molar-refractivity contribution is 6.10. The summed E-state index contributed by atoms with van der Waals surface area (Å²) >= 11 is 0. The van der Waals surface area contributed by atoms with Crippen molar-refractivity contribution in [2.75, 3.05) is 0 Å². The van der Waals surface area contributed by atoms with Crippen LogP contribution in [-0.2, 0) is 13.1 Å². The van der Waals surface area contributed by atoms with Gasteiger partial charge in [0.25, 0.3) is 0 Å². The van der Waals surface area contributed by atoms with Gasteiger partial charge in [0.05, 0.1) is 0 Å². The van der Waals surface area contributed by atoms with E-state index in [4.69, 9.17) is 0 Å². The van der Waals surface area contributed by atoms with Crippen LogP contribution >= 0.6 is 0 Å². The molecule has 96 valence electrons. The summed E-state index contributed by atoms with van der Waals surface area (Å²) in [4.78, 5) is 12.4. The van der Waals surface area contributed by atoms with Crippen molar-refractivity contribution in [1.82, 2.24) is 5.32 Å². The van der Waals surface area contributed by atoms with Crippen LogP contribution in [-0.4, -0.2) is 5.78 Å². The highest BCUT2D eigenvalue weighted by Crippen LogP contribution is 2.20. The number of fused-ring (bicyclic) bond motifs is 1. The van der Waals surface area contributed by atoms with Crippen LogP contribution in [0.2, 0.25) is 0 Å². The van der Waals surface area contributed by atoms with Gasteiger partial charge in [0.1, 0.15) is 5.82 Å². The number of carbonyl (C=O) groups excluding carboxylic acids is 1. The third-order valence-electron chi connectivity index (χ3n) is 3.53. The molecule has 0 aliphatic carbocycles. The topological polar surface area (TPSA) is 29.1 Å². The van der Waals surface area contributed by atoms with Gasteiger partial charge in [-0.15, -0.1) is 0 Å². The first-order valence-corrected chi connectivity index (χ1v) is 6.28. The Morgan fingerprint density at radius 3 is 2.68 bits per heavy atom. The minimum absolute atomic E-state index is 0.0489. The van der Waals surface area contributed by atoms with Gasteiger partial charge in [0.15, 0.2) is 5.78 Å². The zero-order chi connectivity index (χ0) is 13.4. The number of hydrogen-bond donors (Lipinski definition) is 1. The molecule has 19 heavy (non-hydrogen) atoms. The Balaban J connectivity index is 2.00. The minimum atomic E-state index is -0.313. The zero-order valence-electron chi connectivity index (χ0n) is 10.7. The highest BCUT2D eigenvalue weighted by atomic mass is 19.1. The highest BCUT2D eigenvalue weighted by Gasteiger charge is 2.16. The minimum Gasteiger partial charge on any atom is -0.309 e. The van der Waals surface area contributed by atoms with Gasteiger partial charge in [-0.25, -0.2) is 4.39 Å². The Kier molecular flexibility index (Phi) is 2.91. The SMILES string of the molecule is Cc1cc(F)ccc1C(=O)c1ccc2c(c1)CNC2. The first-order valence-electron chi connectivity index (χ1n) is 6.28. The van der Waals surface area contributed by atoms with Crippen LogP contribution in [0, 0.1) is 12.7 Å². The van der Waals surface area contributed by atoms with E-state index in [0.717, 1.165) is 13.1 Å². The van der Waals surface area contributed by atoms with Crippen LogP contribution in [0.1, 0.15) is 32.6 Å². The standard InChI is InChI=1S/C16H14FNO/c1-10-6-14(17)4-5-15(10)16(19)11-2-3-12-8-18-9-13(12)7-11/h2-7,18H,8-9H2,1H3. The zero-order valence-corrected chi connectivity index (χ0v) is 10.7. The van der Waals surface area contributed by atoms with Crippen molar-refractivity contribution in [2.24, 2.45) is 0 Å². The van der Waals surface area contributed by atoms with Crippen molar-refractivity contribution < 1.29 is 9.18 Å². The van der Waals surface area contributed by atoms with Gasteiger partial charge in [0, 0.05) is 24.2 Å². The van der Waals surface area contributed by atoms with E-state index in [1.807, 2.05) is 18.2 Å². The summed E-state index contributed by atoms with van der Waals surface area (Å²) in [5, 5.41) is 3.25. The third kappa shape index (κ3) is 2.17. The number of ketones is 1. The Labute approximate surface area is 111 Å². The van der Waals surface area contributed by atoms with E-state index in [-0.39, 0.29) is 11.6 Å². The molecule has 0 fully saturated rings. The van der Waals surface area contributed by atoms with Gasteiger partial charge in [0.2, 0.25) is 0 Å². The number of benzene rings is 2. The van der Waals surface area contributed by atoms with E-state index in [2.05, 4.69) is 5.32 Å². The number of rotatable bonds is 2. The largest absolute Gasteiger partial charge is 0.309 e. The van der Waals surface area contributed by atoms with Gasteiger partial charge in [-0.3, -0.25) is 4.79 Å². The van der Waals surface area contributed by atoms with Crippen LogP contribution < -0.4 is 5.32 Å². The second-order valence-corrected chi connectivity index (χ2v) is 4.88. The smallest absolute Gasteiger partial charge is 0.193 e. The predicted molar refractivity (Wildman–Crippen MR) is 71.6 cm³/mol. The van der Waals surface area contributed by atoms with E-state index in [1.165, 1.54) is 23.3 Å². The lowest BCUT2D eigenvalue weighted by Crippen LogP contribution is -2.05. The normalized spacial score (nSPS) is 13.4. The fraction of sp³-hybridized carbons (Fsp3) is 0.188. The molecule has 0 aromatic heterocycles. The van der Waals surface area contributed by atoms with E-state index in [9.17, 15) is 9.18 Å². The molecule has 2 aromatic carbocycles. The lowest BCUT2D eigenvalue weighted by atomic mass is 9.96. The van der Waals surface area contributed by atoms with Gasteiger partial charge < -0.3 is 5.32 Å². The van der Waals surface area contributed by atoms with Crippen molar-refractivity contribution in [3.8, 4) is 0 Å². The van der Waals surface area contributed by atoms with E-state index in [0.29, 0.717) is 16.7 Å². The van der Waals surface area contributed by atoms with Gasteiger partial charge in [-0.2, -0.15) is 0 Å². The number of carbonyl (C=O) groups is 1. The third-order valence-corrected chi connectivity index (χ3v) is 3.53. The van der Waals surface area contributed by atoms with Crippen LogP contribution in [0.4, 0.5) is 4.39 Å². The predicted octanol–water partition coefficient (Wildman–Crippen LogP) is 2.97. The molecule has 0 unspecified atom stereocenters. The van der Waals surface area contributed by atoms with Crippen LogP contribution in [0.5, 0.6) is 0 Å². The quantitative estimate of drug-likeness (QED) is 0.836. The van der Waals surface area contributed by atoms with E-state index < -0.39 is 0 Å². The second-order valence-electron chi connectivity index (χ2n) is 4.88. The first-order chi connectivity index (χ1) is 9.15. The Bertz CT molecular complexity index is 664. The van der Waals surface area contributed by atoms with Crippen LogP contribution in [0.25, 0.3) is 0 Å². The van der Waals surface area contributed by atoms with E-state index >= 15 is 0 Å². The van der Waals surface area contributed by atoms with Gasteiger partial charge in [-0.1, -0.05) is 12.1 Å². The summed E-state index contributed by atoms with van der Waals surface area (Å²) in [5.74, 6) is -0.362. The van der Waals surface area contributed by atoms with Gasteiger partial charge in [-0.05, 0) is 47.9 Å². The molecular weight excluding hydrogens is 241 g/mol. The molecule has 0 atom stereocenters. The molecule has 0 saturated heterocycles. The van der Waals surface area contributed by atoms with E-state index in [1.54, 1.807) is 13.0 Å². The average Bonchev–Trinajstić information content (AvgIpc) is 2.85. The van der Waals surface area contributed by atoms with Crippen LogP contribution in [0.15, 0.2) is 36.4 Å². The number of nitrogens with one attached hydrogen (secondary N) is 1. The summed E-state index contributed by atoms with van der Waals surface area (Å²) in [6, 6.07) is 10.0. The number of aryl methyl sites for hydroxylation is 1. The summed E-state index contributed by atoms with van der Waals surface area (Å²) < 4.78 is 13.1. The molecule has 0 bridgehead atoms. The molecule has 2 nitrogen and oxygen atoms in total. The Hall–Kier alpha value is -2.00. The molecule has 0 saturated carbocycles. The first kappa shape index (κ1) is 12.1. The summed E-state index contributed by atoms with van der Waals surface area (Å²) in [7, 11) is 0. The molecule has 0 radical (unpaired) electrons. The molecule has 1 heterocycles. The van der Waals surface area contributed by atoms with Gasteiger partial charge >= 0.3 is 0 Å². The van der Waals surface area contributed by atoms with Crippen molar-refractivity contribution in [1.29, 1.82) is 0 Å². The molecule has 3 heteroatoms.